The third kappa shape index (κ3) is 2.91. The number of fused-ring (bicyclic) bond motifs is 3. The number of aryl methyl sites for hydroxylation is 1. The Morgan fingerprint density at radius 2 is 1.84 bits per heavy atom. The van der Waals surface area contributed by atoms with E-state index < -0.39 is 5.63 Å². The minimum atomic E-state index is -0.530. The molecule has 2 aromatic carbocycles. The Morgan fingerprint density at radius 1 is 1.04 bits per heavy atom. The Bertz CT molecular complexity index is 993. The zero-order valence-electron chi connectivity index (χ0n) is 13.4. The molecule has 0 unspecified atom stereocenters. The molecule has 0 amide bonds. The molecule has 0 radical (unpaired) electrons. The zero-order chi connectivity index (χ0) is 17.4. The second kappa shape index (κ2) is 6.33. The van der Waals surface area contributed by atoms with Crippen LogP contribution in [0.4, 0.5) is 0 Å². The number of rotatable bonds is 3. The molecule has 0 aliphatic heterocycles. The van der Waals surface area contributed by atoms with Crippen molar-refractivity contribution >= 4 is 11.8 Å². The number of aromatic hydroxyl groups is 2. The van der Waals surface area contributed by atoms with Gasteiger partial charge in [-0.25, -0.2) is 4.79 Å². The summed E-state index contributed by atoms with van der Waals surface area (Å²) in [5.41, 5.74) is 2.88. The Balaban J connectivity index is 1.73. The summed E-state index contributed by atoms with van der Waals surface area (Å²) in [6, 6.07) is 14.7. The van der Waals surface area contributed by atoms with E-state index in [1.54, 1.807) is 18.2 Å². The monoisotopic (exact) mass is 352 g/mol. The predicted octanol–water partition coefficient (Wildman–Crippen LogP) is 4.11. The van der Waals surface area contributed by atoms with Gasteiger partial charge in [0.2, 0.25) is 0 Å². The van der Waals surface area contributed by atoms with Gasteiger partial charge in [-0.3, -0.25) is 0 Å². The first kappa shape index (κ1) is 15.8. The maximum absolute atomic E-state index is 12.4. The molecule has 4 nitrogen and oxygen atoms in total. The van der Waals surface area contributed by atoms with Crippen LogP contribution < -0.4 is 5.63 Å². The average molecular weight is 352 g/mol. The fourth-order valence-corrected chi connectivity index (χ4v) is 4.04. The van der Waals surface area contributed by atoms with Crippen LogP contribution in [0.2, 0.25) is 0 Å². The largest absolute Gasteiger partial charge is 0.508 e. The van der Waals surface area contributed by atoms with Gasteiger partial charge in [0, 0.05) is 16.9 Å². The molecule has 1 aliphatic rings. The van der Waals surface area contributed by atoms with E-state index in [9.17, 15) is 15.0 Å². The van der Waals surface area contributed by atoms with Crippen molar-refractivity contribution in [3.05, 3.63) is 75.6 Å². The standard InChI is InChI=1S/C20H16O4S/c21-14-7-9-15-13(10-14)6-8-16-17(22)19(20(23)24-18(15)16)25-11-12-4-2-1-3-5-12/h1-5,7,9-10,21-22H,6,8,11H2. The van der Waals surface area contributed by atoms with Crippen LogP contribution >= 0.6 is 11.8 Å². The summed E-state index contributed by atoms with van der Waals surface area (Å²) in [5.74, 6) is 1.20. The number of hydrogen-bond acceptors (Lipinski definition) is 5. The Labute approximate surface area is 148 Å². The minimum Gasteiger partial charge on any atom is -0.508 e. The van der Waals surface area contributed by atoms with Crippen LogP contribution in [0.15, 0.2) is 62.6 Å². The first-order chi connectivity index (χ1) is 12.1. The van der Waals surface area contributed by atoms with E-state index in [1.807, 2.05) is 30.3 Å². The van der Waals surface area contributed by atoms with Crippen LogP contribution in [0, 0.1) is 0 Å². The highest BCUT2D eigenvalue weighted by Crippen LogP contribution is 2.41. The molecule has 0 saturated carbocycles. The van der Waals surface area contributed by atoms with Gasteiger partial charge in [0.15, 0.2) is 0 Å². The van der Waals surface area contributed by atoms with Gasteiger partial charge >= 0.3 is 5.63 Å². The van der Waals surface area contributed by atoms with Crippen molar-refractivity contribution in [2.75, 3.05) is 0 Å². The van der Waals surface area contributed by atoms with Crippen molar-refractivity contribution in [3.8, 4) is 22.8 Å². The molecule has 126 valence electrons. The Hall–Kier alpha value is -2.66. The molecule has 0 saturated heterocycles. The highest BCUT2D eigenvalue weighted by Gasteiger charge is 2.26. The van der Waals surface area contributed by atoms with Crippen LogP contribution in [-0.4, -0.2) is 10.2 Å². The minimum absolute atomic E-state index is 0.0194. The topological polar surface area (TPSA) is 70.7 Å². The van der Waals surface area contributed by atoms with Gasteiger partial charge in [0.1, 0.15) is 22.2 Å². The molecule has 3 aromatic rings. The van der Waals surface area contributed by atoms with Crippen molar-refractivity contribution < 1.29 is 14.6 Å². The lowest BCUT2D eigenvalue weighted by Gasteiger charge is -2.20. The van der Waals surface area contributed by atoms with Gasteiger partial charge in [-0.2, -0.15) is 0 Å². The van der Waals surface area contributed by atoms with Gasteiger partial charge in [-0.1, -0.05) is 30.3 Å². The van der Waals surface area contributed by atoms with E-state index in [4.69, 9.17) is 4.42 Å². The van der Waals surface area contributed by atoms with Gasteiger partial charge in [-0.15, -0.1) is 11.8 Å². The third-order valence-electron chi connectivity index (χ3n) is 4.36. The first-order valence-electron chi connectivity index (χ1n) is 8.01. The second-order valence-corrected chi connectivity index (χ2v) is 6.98. The molecule has 0 fully saturated rings. The summed E-state index contributed by atoms with van der Waals surface area (Å²) >= 11 is 1.29. The molecule has 25 heavy (non-hydrogen) atoms. The van der Waals surface area contributed by atoms with E-state index in [0.29, 0.717) is 29.9 Å². The molecule has 1 aromatic heterocycles. The summed E-state index contributed by atoms with van der Waals surface area (Å²) in [6.45, 7) is 0. The van der Waals surface area contributed by atoms with Crippen molar-refractivity contribution in [1.29, 1.82) is 0 Å². The summed E-state index contributed by atoms with van der Waals surface area (Å²) in [7, 11) is 0. The number of thioether (sulfide) groups is 1. The normalized spacial score (nSPS) is 12.5. The van der Waals surface area contributed by atoms with Crippen LogP contribution in [0.5, 0.6) is 11.5 Å². The summed E-state index contributed by atoms with van der Waals surface area (Å²) in [4.78, 5) is 12.7. The molecule has 0 spiro atoms. The predicted molar refractivity (Wildman–Crippen MR) is 97.2 cm³/mol. The number of benzene rings is 2. The molecule has 1 heterocycles. The van der Waals surface area contributed by atoms with Gasteiger partial charge < -0.3 is 14.6 Å². The smallest absolute Gasteiger partial charge is 0.353 e. The highest BCUT2D eigenvalue weighted by atomic mass is 32.2. The van der Waals surface area contributed by atoms with Gasteiger partial charge in [0.05, 0.1) is 0 Å². The first-order valence-corrected chi connectivity index (χ1v) is 9.00. The van der Waals surface area contributed by atoms with Gasteiger partial charge in [-0.05, 0) is 42.2 Å². The quantitative estimate of drug-likeness (QED) is 0.694. The molecular weight excluding hydrogens is 336 g/mol. The average Bonchev–Trinajstić information content (AvgIpc) is 2.62. The number of phenolic OH excluding ortho intramolecular Hbond substituents is 1. The fraction of sp³-hybridized carbons (Fsp3) is 0.150. The third-order valence-corrected chi connectivity index (χ3v) is 5.49. The molecule has 5 heteroatoms. The van der Waals surface area contributed by atoms with Crippen molar-refractivity contribution in [3.63, 3.8) is 0 Å². The van der Waals surface area contributed by atoms with E-state index >= 15 is 0 Å². The molecule has 4 rings (SSSR count). The molecular formula is C20H16O4S. The maximum Gasteiger partial charge on any atom is 0.353 e. The summed E-state index contributed by atoms with van der Waals surface area (Å²) in [6.07, 6.45) is 1.25. The zero-order valence-corrected chi connectivity index (χ0v) is 14.2. The van der Waals surface area contributed by atoms with Crippen LogP contribution in [0.3, 0.4) is 0 Å². The molecule has 0 bridgehead atoms. The highest BCUT2D eigenvalue weighted by molar-refractivity contribution is 7.98. The van der Waals surface area contributed by atoms with Crippen molar-refractivity contribution in [2.45, 2.75) is 23.5 Å². The van der Waals surface area contributed by atoms with Crippen molar-refractivity contribution in [1.82, 2.24) is 0 Å². The lowest BCUT2D eigenvalue weighted by Crippen LogP contribution is -2.11. The lowest BCUT2D eigenvalue weighted by atomic mass is 9.89. The number of phenols is 1. The van der Waals surface area contributed by atoms with Crippen molar-refractivity contribution in [2.24, 2.45) is 0 Å². The van der Waals surface area contributed by atoms with Gasteiger partial charge in [0.25, 0.3) is 0 Å². The van der Waals surface area contributed by atoms with E-state index in [0.717, 1.165) is 16.7 Å². The SMILES string of the molecule is O=c1oc2c(c(O)c1SCc1ccccc1)CCc1cc(O)ccc1-2. The maximum atomic E-state index is 12.4. The Morgan fingerprint density at radius 3 is 2.64 bits per heavy atom. The summed E-state index contributed by atoms with van der Waals surface area (Å²) in [5, 5.41) is 20.3. The molecule has 0 atom stereocenters. The van der Waals surface area contributed by atoms with Crippen LogP contribution in [0.1, 0.15) is 16.7 Å². The van der Waals surface area contributed by atoms with Crippen LogP contribution in [-0.2, 0) is 18.6 Å². The fourth-order valence-electron chi connectivity index (χ4n) is 3.12. The second-order valence-electron chi connectivity index (χ2n) is 5.99. The number of hydrogen-bond donors (Lipinski definition) is 2. The molecule has 1 aliphatic carbocycles. The summed E-state index contributed by atoms with van der Waals surface area (Å²) < 4.78 is 5.55. The van der Waals surface area contributed by atoms with E-state index in [-0.39, 0.29) is 16.4 Å². The van der Waals surface area contributed by atoms with E-state index in [2.05, 4.69) is 0 Å². The lowest BCUT2D eigenvalue weighted by molar-refractivity contribution is 0.418. The molecule has 2 N–H and O–H groups in total. The van der Waals surface area contributed by atoms with E-state index in [1.165, 1.54) is 11.8 Å². The van der Waals surface area contributed by atoms with Crippen LogP contribution in [0.25, 0.3) is 11.3 Å². The Kier molecular flexibility index (Phi) is 4.01.